The Morgan fingerprint density at radius 3 is 2.45 bits per heavy atom. The molecule has 13 heteroatoms. The molecule has 3 aromatic heterocycles. The van der Waals surface area contributed by atoms with Crippen molar-refractivity contribution in [3.63, 3.8) is 0 Å². The molecule has 5 aromatic rings. The van der Waals surface area contributed by atoms with E-state index in [2.05, 4.69) is 42.4 Å². The van der Waals surface area contributed by atoms with Crippen LogP contribution in [0.4, 0.5) is 5.95 Å². The summed E-state index contributed by atoms with van der Waals surface area (Å²) < 4.78 is 31.6. The number of hydrogen-bond acceptors (Lipinski definition) is 9. The number of rotatable bonds is 9. The average molecular weight is 660 g/mol. The van der Waals surface area contributed by atoms with Gasteiger partial charge in [0.25, 0.3) is 0 Å². The van der Waals surface area contributed by atoms with Gasteiger partial charge in [0.05, 0.1) is 0 Å². The van der Waals surface area contributed by atoms with Gasteiger partial charge in [-0.3, -0.25) is 0 Å². The number of aryl methyl sites for hydroxylation is 3. The molecule has 0 aliphatic heterocycles. The molecule has 10 nitrogen and oxygen atoms in total. The maximum atomic E-state index is 12.8. The molecule has 0 atom stereocenters. The molecule has 38 heavy (non-hydrogen) atoms. The van der Waals surface area contributed by atoms with E-state index in [1.54, 1.807) is 44.2 Å². The number of hydrogen-bond donors (Lipinski definition) is 2. The minimum atomic E-state index is -3.82. The molecule has 196 valence electrons. The van der Waals surface area contributed by atoms with E-state index in [1.165, 1.54) is 11.8 Å². The topological polar surface area (TPSA) is 139 Å². The van der Waals surface area contributed by atoms with Crippen molar-refractivity contribution in [1.82, 2.24) is 29.7 Å². The fourth-order valence-electron chi connectivity index (χ4n) is 3.98. The Labute approximate surface area is 234 Å². The van der Waals surface area contributed by atoms with E-state index in [1.807, 2.05) is 18.2 Å². The third-order valence-corrected chi connectivity index (χ3v) is 10.7. The summed E-state index contributed by atoms with van der Waals surface area (Å²) in [5.41, 5.74) is 4.02. The minimum absolute atomic E-state index is 0.0482. The average Bonchev–Trinajstić information content (AvgIpc) is 3.20. The number of fused-ring (bicyclic) bond motifs is 3. The standard InChI is InChI=1S/C25H24IN8O2S2/c1-4-34-20-8-6-5-7-19(20)22-23(34)30-25(32-31-22)37-14-21(27)26-17-9-11-18(12-10-17)38(35,36)33-24-28-15(2)13-16(3)29-24/h5-13,27H,4,14H2,1-3H3,(H,28,29,33)/q-1. The van der Waals surface area contributed by atoms with Gasteiger partial charge in [-0.25, -0.2) is 0 Å². The molecule has 0 radical (unpaired) electrons. The van der Waals surface area contributed by atoms with Crippen molar-refractivity contribution < 1.29 is 29.6 Å². The Hall–Kier alpha value is -3.17. The summed E-state index contributed by atoms with van der Waals surface area (Å²) in [5.74, 6) is 0.491. The van der Waals surface area contributed by atoms with Gasteiger partial charge in [-0.05, 0) is 0 Å². The zero-order valence-electron chi connectivity index (χ0n) is 20.8. The van der Waals surface area contributed by atoms with E-state index >= 15 is 0 Å². The summed E-state index contributed by atoms with van der Waals surface area (Å²) in [5, 5.41) is 18.7. The number of anilines is 1. The van der Waals surface area contributed by atoms with Gasteiger partial charge in [0.15, 0.2) is 0 Å². The van der Waals surface area contributed by atoms with E-state index in [0.717, 1.165) is 32.2 Å². The first kappa shape index (κ1) is 26.4. The Balaban J connectivity index is 1.23. The Morgan fingerprint density at radius 1 is 1.03 bits per heavy atom. The second kappa shape index (κ2) is 10.9. The van der Waals surface area contributed by atoms with Gasteiger partial charge in [-0.2, -0.15) is 0 Å². The summed E-state index contributed by atoms with van der Waals surface area (Å²) >= 11 is 0.626. The van der Waals surface area contributed by atoms with Crippen LogP contribution in [-0.4, -0.2) is 47.6 Å². The molecular formula is C25H24IN8O2S2-. The van der Waals surface area contributed by atoms with E-state index in [9.17, 15) is 8.42 Å². The van der Waals surface area contributed by atoms with Crippen LogP contribution in [0, 0.1) is 22.8 Å². The fraction of sp³-hybridized carbons (Fsp3) is 0.200. The Morgan fingerprint density at radius 2 is 1.74 bits per heavy atom. The van der Waals surface area contributed by atoms with Crippen molar-refractivity contribution in [3.8, 4) is 0 Å². The van der Waals surface area contributed by atoms with Crippen LogP contribution in [0.1, 0.15) is 18.3 Å². The predicted octanol–water partition coefficient (Wildman–Crippen LogP) is 1.24. The molecule has 0 saturated heterocycles. The van der Waals surface area contributed by atoms with Crippen molar-refractivity contribution in [2.45, 2.75) is 37.4 Å². The van der Waals surface area contributed by atoms with Crippen LogP contribution in [-0.2, 0) is 16.6 Å². The molecule has 2 N–H and O–H groups in total. The van der Waals surface area contributed by atoms with E-state index in [-0.39, 0.29) is 10.8 Å². The van der Waals surface area contributed by atoms with Crippen molar-refractivity contribution in [1.29, 1.82) is 5.41 Å². The van der Waals surface area contributed by atoms with Crippen LogP contribution in [0.3, 0.4) is 0 Å². The van der Waals surface area contributed by atoms with Crippen molar-refractivity contribution in [2.24, 2.45) is 0 Å². The van der Waals surface area contributed by atoms with Gasteiger partial charge >= 0.3 is 236 Å². The van der Waals surface area contributed by atoms with Gasteiger partial charge in [0, 0.05) is 0 Å². The number of sulfonamides is 1. The number of aromatic nitrogens is 6. The monoisotopic (exact) mass is 659 g/mol. The molecule has 5 rings (SSSR count). The fourth-order valence-corrected chi connectivity index (χ4v) is 7.89. The molecule has 0 bridgehead atoms. The van der Waals surface area contributed by atoms with Crippen molar-refractivity contribution >= 4 is 53.5 Å². The molecule has 0 unspecified atom stereocenters. The zero-order chi connectivity index (χ0) is 26.9. The number of nitrogens with one attached hydrogen (secondary N) is 2. The first-order valence-electron chi connectivity index (χ1n) is 11.7. The normalized spacial score (nSPS) is 11.9. The van der Waals surface area contributed by atoms with Crippen LogP contribution in [0.5, 0.6) is 0 Å². The summed E-state index contributed by atoms with van der Waals surface area (Å²) in [6, 6.07) is 16.4. The van der Waals surface area contributed by atoms with Gasteiger partial charge in [0.1, 0.15) is 0 Å². The van der Waals surface area contributed by atoms with Gasteiger partial charge < -0.3 is 0 Å². The molecule has 0 amide bonds. The molecule has 0 fully saturated rings. The maximum absolute atomic E-state index is 12.8. The van der Waals surface area contributed by atoms with E-state index in [0.29, 0.717) is 26.0 Å². The number of thioether (sulfide) groups is 1. The van der Waals surface area contributed by atoms with Crippen molar-refractivity contribution in [2.75, 3.05) is 10.5 Å². The van der Waals surface area contributed by atoms with Crippen LogP contribution >= 0.6 is 11.8 Å². The van der Waals surface area contributed by atoms with E-state index < -0.39 is 31.2 Å². The summed E-state index contributed by atoms with van der Waals surface area (Å²) in [6.45, 7) is 6.41. The van der Waals surface area contributed by atoms with Gasteiger partial charge in [0.2, 0.25) is 0 Å². The molecule has 0 spiro atoms. The second-order valence-electron chi connectivity index (χ2n) is 8.35. The number of benzene rings is 2. The SMILES string of the molecule is CCn1c2ccccc2c2nnc(SCC(=N)[I-]c3ccc(S(=O)(=O)Nc4nc(C)cc(C)n4)cc3)nc21. The molecule has 3 heterocycles. The third kappa shape index (κ3) is 5.63. The zero-order valence-corrected chi connectivity index (χ0v) is 24.6. The number of nitrogens with zero attached hydrogens (tertiary/aromatic N) is 6. The first-order chi connectivity index (χ1) is 18.2. The Bertz CT molecular complexity index is 1750. The second-order valence-corrected chi connectivity index (χ2v) is 14.1. The quantitative estimate of drug-likeness (QED) is 0.137. The summed E-state index contributed by atoms with van der Waals surface area (Å²) in [6.07, 6.45) is 0. The molecule has 0 aliphatic carbocycles. The summed E-state index contributed by atoms with van der Waals surface area (Å²) in [7, 11) is -3.82. The number of halogens is 1. The first-order valence-corrected chi connectivity index (χ1v) is 16.3. The van der Waals surface area contributed by atoms with E-state index in [4.69, 9.17) is 10.4 Å². The molecule has 0 aliphatic rings. The third-order valence-electron chi connectivity index (χ3n) is 5.55. The van der Waals surface area contributed by atoms with Gasteiger partial charge in [-0.1, -0.05) is 0 Å². The predicted molar refractivity (Wildman–Crippen MR) is 144 cm³/mol. The van der Waals surface area contributed by atoms with Crippen LogP contribution in [0.15, 0.2) is 64.6 Å². The van der Waals surface area contributed by atoms with Crippen molar-refractivity contribution in [3.05, 3.63) is 69.6 Å². The molecule has 2 aromatic carbocycles. The molecular weight excluding hydrogens is 635 g/mol. The molecule has 0 saturated carbocycles. The van der Waals surface area contributed by atoms with Gasteiger partial charge in [-0.15, -0.1) is 0 Å². The number of para-hydroxylation sites is 1. The van der Waals surface area contributed by atoms with Crippen LogP contribution in [0.2, 0.25) is 0 Å². The van der Waals surface area contributed by atoms with Crippen LogP contribution in [0.25, 0.3) is 22.1 Å². The Kier molecular flexibility index (Phi) is 7.59. The summed E-state index contributed by atoms with van der Waals surface area (Å²) in [4.78, 5) is 13.1. The van der Waals surface area contributed by atoms with Crippen LogP contribution < -0.4 is 25.9 Å².